The van der Waals surface area contributed by atoms with Crippen molar-refractivity contribution < 1.29 is 0 Å². The van der Waals surface area contributed by atoms with Crippen LogP contribution in [-0.4, -0.2) is 11.4 Å². The number of fused-ring (bicyclic) bond motifs is 2. The molecular weight excluding hydrogens is 629 g/mol. The summed E-state index contributed by atoms with van der Waals surface area (Å²) < 4.78 is 0. The highest BCUT2D eigenvalue weighted by Crippen LogP contribution is 2.35. The van der Waals surface area contributed by atoms with Gasteiger partial charge in [0, 0.05) is 22.3 Å². The predicted octanol–water partition coefficient (Wildman–Crippen LogP) is 13.0. The van der Waals surface area contributed by atoms with Gasteiger partial charge in [-0.05, 0) is 56.6 Å². The van der Waals surface area contributed by atoms with E-state index in [1.54, 1.807) is 0 Å². The molecule has 8 aromatic carbocycles. The Morgan fingerprint density at radius 1 is 0.192 bits per heavy atom. The fourth-order valence-corrected chi connectivity index (χ4v) is 6.96. The highest BCUT2D eigenvalue weighted by molar-refractivity contribution is 6.22. The minimum Gasteiger partial charge on any atom is -0.247 e. The van der Waals surface area contributed by atoms with Gasteiger partial charge in [-0.15, -0.1) is 0 Å². The van der Waals surface area contributed by atoms with Crippen LogP contribution in [0.15, 0.2) is 216 Å². The van der Waals surface area contributed by atoms with Crippen LogP contribution < -0.4 is 0 Å². The molecule has 0 unspecified atom stereocenters. The maximum absolute atomic E-state index is 5.37. The molecule has 0 N–H and O–H groups in total. The van der Waals surface area contributed by atoms with E-state index in [2.05, 4.69) is 194 Å². The van der Waals surface area contributed by atoms with Gasteiger partial charge >= 0.3 is 0 Å². The van der Waals surface area contributed by atoms with Crippen LogP contribution >= 0.6 is 0 Å². The third kappa shape index (κ3) is 6.19. The fourth-order valence-electron chi connectivity index (χ4n) is 6.96. The Labute approximate surface area is 304 Å². The number of benzene rings is 8. The molecule has 0 saturated heterocycles. The summed E-state index contributed by atoms with van der Waals surface area (Å²) in [6.45, 7) is 0. The fraction of sp³-hybridized carbons (Fsp3) is 0. The van der Waals surface area contributed by atoms with Crippen LogP contribution in [0.3, 0.4) is 0 Å². The number of aliphatic imine (C=N–C) groups is 2. The molecule has 2 heteroatoms. The highest BCUT2D eigenvalue weighted by Gasteiger charge is 2.20. The highest BCUT2D eigenvalue weighted by atomic mass is 14.8. The first-order valence-electron chi connectivity index (χ1n) is 17.7. The Morgan fingerprint density at radius 2 is 0.423 bits per heavy atom. The minimum atomic E-state index is 0.895. The topological polar surface area (TPSA) is 24.7 Å². The molecule has 1 aliphatic heterocycles. The lowest BCUT2D eigenvalue weighted by Crippen LogP contribution is -2.10. The maximum atomic E-state index is 5.37. The van der Waals surface area contributed by atoms with Crippen molar-refractivity contribution in [2.75, 3.05) is 0 Å². The van der Waals surface area contributed by atoms with Gasteiger partial charge in [-0.3, -0.25) is 0 Å². The van der Waals surface area contributed by atoms with E-state index in [9.17, 15) is 0 Å². The van der Waals surface area contributed by atoms with Gasteiger partial charge < -0.3 is 0 Å². The van der Waals surface area contributed by atoms with Gasteiger partial charge in [0.1, 0.15) is 0 Å². The first-order chi connectivity index (χ1) is 25.8. The van der Waals surface area contributed by atoms with Crippen LogP contribution in [0, 0.1) is 0 Å². The van der Waals surface area contributed by atoms with E-state index in [-0.39, 0.29) is 0 Å². The Hall–Kier alpha value is -6.90. The van der Waals surface area contributed by atoms with Crippen molar-refractivity contribution in [3.8, 4) is 44.5 Å². The van der Waals surface area contributed by atoms with Crippen molar-refractivity contribution in [2.24, 2.45) is 9.98 Å². The second kappa shape index (κ2) is 13.8. The third-order valence-electron chi connectivity index (χ3n) is 9.75. The number of hydrogen-bond acceptors (Lipinski definition) is 2. The lowest BCUT2D eigenvalue weighted by molar-refractivity contribution is 1.39. The van der Waals surface area contributed by atoms with Gasteiger partial charge in [0.2, 0.25) is 0 Å². The number of hydrogen-bond donors (Lipinski definition) is 0. The number of nitrogens with zero attached hydrogens (tertiary/aromatic N) is 2. The second-order valence-corrected chi connectivity index (χ2v) is 13.0. The van der Waals surface area contributed by atoms with Crippen LogP contribution in [0.25, 0.3) is 44.5 Å². The van der Waals surface area contributed by atoms with Gasteiger partial charge in [-0.2, -0.15) is 0 Å². The van der Waals surface area contributed by atoms with Crippen LogP contribution in [-0.2, 0) is 0 Å². The molecule has 244 valence electrons. The zero-order valence-corrected chi connectivity index (χ0v) is 28.5. The lowest BCUT2D eigenvalue weighted by Gasteiger charge is -2.18. The lowest BCUT2D eigenvalue weighted by atomic mass is 9.94. The monoisotopic (exact) mass is 662 g/mol. The van der Waals surface area contributed by atoms with Gasteiger partial charge in [0.15, 0.2) is 0 Å². The van der Waals surface area contributed by atoms with Crippen molar-refractivity contribution in [1.82, 2.24) is 0 Å². The van der Waals surface area contributed by atoms with Gasteiger partial charge in [-0.1, -0.05) is 194 Å². The standard InChI is InChI=1S/C50H34N2/c1-3-11-35(12-4-1)37-19-23-39(24-20-37)41-27-31-43(32-28-41)49-45-15-7-9-17-47(45)52-50(46-16-8-10-18-48(46)51-49)44-33-29-42(30-34-44)40-25-21-38(22-26-40)36-13-5-2-6-14-36/h1-34H/b49-45?,50-46?,51-48?,51-49-,52-47?,52-50-. The van der Waals surface area contributed by atoms with E-state index in [4.69, 9.17) is 9.98 Å². The Kier molecular flexibility index (Phi) is 8.24. The van der Waals surface area contributed by atoms with Crippen LogP contribution in [0.4, 0.5) is 11.4 Å². The van der Waals surface area contributed by atoms with Gasteiger partial charge in [0.05, 0.1) is 22.8 Å². The summed E-state index contributed by atoms with van der Waals surface area (Å²) in [5.74, 6) is 0. The first kappa shape index (κ1) is 31.1. The quantitative estimate of drug-likeness (QED) is 0.169. The predicted molar refractivity (Wildman–Crippen MR) is 218 cm³/mol. The van der Waals surface area contributed by atoms with E-state index >= 15 is 0 Å². The van der Waals surface area contributed by atoms with Gasteiger partial charge in [-0.25, -0.2) is 9.98 Å². The minimum absolute atomic E-state index is 0.895. The van der Waals surface area contributed by atoms with Crippen molar-refractivity contribution >= 4 is 22.8 Å². The average molecular weight is 663 g/mol. The van der Waals surface area contributed by atoms with Crippen molar-refractivity contribution in [3.63, 3.8) is 0 Å². The summed E-state index contributed by atoms with van der Waals surface area (Å²) in [5, 5.41) is 0. The molecule has 1 aliphatic rings. The summed E-state index contributed by atoms with van der Waals surface area (Å²) >= 11 is 0. The molecule has 0 bridgehead atoms. The molecule has 0 aromatic heterocycles. The van der Waals surface area contributed by atoms with Crippen molar-refractivity contribution in [1.29, 1.82) is 0 Å². The SMILES string of the molecule is c1ccc(-c2ccc(-c3ccc(/C4=N/c5ccccc5/C(c5ccc(-c6ccc(-c7ccccc7)cc6)cc5)=N\c5ccccc54)cc3)cc2)cc1. The van der Waals surface area contributed by atoms with E-state index in [0.717, 1.165) is 45.1 Å². The molecular formula is C50H34N2. The van der Waals surface area contributed by atoms with Gasteiger partial charge in [0.25, 0.3) is 0 Å². The largest absolute Gasteiger partial charge is 0.247 e. The zero-order chi connectivity index (χ0) is 34.7. The molecule has 2 nitrogen and oxygen atoms in total. The molecule has 0 atom stereocenters. The number of para-hydroxylation sites is 2. The molecule has 1 heterocycles. The average Bonchev–Trinajstić information content (AvgIpc) is 3.23. The summed E-state index contributed by atoms with van der Waals surface area (Å²) in [6.07, 6.45) is 0. The molecule has 0 amide bonds. The van der Waals surface area contributed by atoms with E-state index in [1.807, 2.05) is 12.1 Å². The molecule has 0 spiro atoms. The van der Waals surface area contributed by atoms with Crippen molar-refractivity contribution in [3.05, 3.63) is 229 Å². The molecule has 9 rings (SSSR count). The van der Waals surface area contributed by atoms with Crippen LogP contribution in [0.5, 0.6) is 0 Å². The molecule has 52 heavy (non-hydrogen) atoms. The van der Waals surface area contributed by atoms with Crippen LogP contribution in [0.1, 0.15) is 22.3 Å². The first-order valence-corrected chi connectivity index (χ1v) is 17.7. The zero-order valence-electron chi connectivity index (χ0n) is 28.5. The number of rotatable bonds is 6. The van der Waals surface area contributed by atoms with E-state index in [0.29, 0.717) is 0 Å². The molecule has 0 aliphatic carbocycles. The molecule has 0 radical (unpaired) electrons. The summed E-state index contributed by atoms with van der Waals surface area (Å²) in [6, 6.07) is 72.7. The molecule has 8 aromatic rings. The Balaban J connectivity index is 1.04. The summed E-state index contributed by atoms with van der Waals surface area (Å²) in [4.78, 5) is 10.7. The maximum Gasteiger partial charge on any atom is 0.0803 e. The normalized spacial score (nSPS) is 14.1. The molecule has 0 saturated carbocycles. The Bertz CT molecular complexity index is 2360. The summed E-state index contributed by atoms with van der Waals surface area (Å²) in [5.41, 5.74) is 17.3. The molecule has 0 fully saturated rings. The second-order valence-electron chi connectivity index (χ2n) is 13.0. The Morgan fingerprint density at radius 3 is 0.731 bits per heavy atom. The third-order valence-corrected chi connectivity index (χ3v) is 9.75. The van der Waals surface area contributed by atoms with Crippen molar-refractivity contribution in [2.45, 2.75) is 0 Å². The summed E-state index contributed by atoms with van der Waals surface area (Å²) in [7, 11) is 0. The smallest absolute Gasteiger partial charge is 0.0803 e. The van der Waals surface area contributed by atoms with E-state index < -0.39 is 0 Å². The van der Waals surface area contributed by atoms with E-state index in [1.165, 1.54) is 44.5 Å². The van der Waals surface area contributed by atoms with Crippen LogP contribution in [0.2, 0.25) is 0 Å².